The molecule has 1 unspecified atom stereocenters. The molecule has 1 aliphatic rings. The molecule has 3 N–H and O–H groups in total. The molecule has 1 aliphatic heterocycles. The number of nitrogens with one attached hydrogen (secondary N) is 1. The van der Waals surface area contributed by atoms with Crippen LogP contribution in [-0.2, 0) is 9.59 Å². The van der Waals surface area contributed by atoms with Gasteiger partial charge in [-0.1, -0.05) is 30.3 Å². The van der Waals surface area contributed by atoms with Gasteiger partial charge in [0.05, 0.1) is 11.6 Å². The van der Waals surface area contributed by atoms with E-state index < -0.39 is 5.92 Å². The zero-order valence-electron chi connectivity index (χ0n) is 14.3. The molecule has 2 aromatic carbocycles. The lowest BCUT2D eigenvalue weighted by Crippen LogP contribution is -2.37. The summed E-state index contributed by atoms with van der Waals surface area (Å²) >= 11 is 0. The second kappa shape index (κ2) is 8.35. The minimum absolute atomic E-state index is 0.129. The molecule has 0 saturated carbocycles. The molecule has 7 heteroatoms. The number of para-hydroxylation sites is 3. The summed E-state index contributed by atoms with van der Waals surface area (Å²) in [6.45, 7) is 0.994. The third-order valence-corrected chi connectivity index (χ3v) is 4.15. The normalized spacial score (nSPS) is 16.4. The Morgan fingerprint density at radius 2 is 1.77 bits per heavy atom. The van der Waals surface area contributed by atoms with Gasteiger partial charge in [0, 0.05) is 13.0 Å². The lowest BCUT2D eigenvalue weighted by molar-refractivity contribution is -0.126. The van der Waals surface area contributed by atoms with E-state index in [1.807, 2.05) is 42.5 Å². The number of hydrogen-bond acceptors (Lipinski definition) is 5. The molecule has 3 rings (SSSR count). The van der Waals surface area contributed by atoms with Gasteiger partial charge < -0.3 is 14.4 Å². The predicted molar refractivity (Wildman–Crippen MR) is 96.7 cm³/mol. The number of nitrogens with zero attached hydrogens (tertiary/aromatic N) is 1. The number of anilines is 1. The van der Waals surface area contributed by atoms with Gasteiger partial charge in [-0.25, -0.2) is 5.84 Å². The Morgan fingerprint density at radius 3 is 2.54 bits per heavy atom. The predicted octanol–water partition coefficient (Wildman–Crippen LogP) is 1.49. The average Bonchev–Trinajstić information content (AvgIpc) is 3.07. The van der Waals surface area contributed by atoms with Crippen LogP contribution in [0.25, 0.3) is 0 Å². The Balaban J connectivity index is 1.61. The van der Waals surface area contributed by atoms with Crippen molar-refractivity contribution >= 4 is 17.5 Å². The van der Waals surface area contributed by atoms with Crippen LogP contribution < -0.4 is 25.6 Å². The zero-order chi connectivity index (χ0) is 18.4. The van der Waals surface area contributed by atoms with Crippen molar-refractivity contribution in [3.8, 4) is 11.5 Å². The van der Waals surface area contributed by atoms with Gasteiger partial charge >= 0.3 is 0 Å². The molecule has 7 nitrogen and oxygen atoms in total. The number of hydrazine groups is 1. The van der Waals surface area contributed by atoms with E-state index in [9.17, 15) is 9.59 Å². The average molecular weight is 355 g/mol. The summed E-state index contributed by atoms with van der Waals surface area (Å²) in [7, 11) is 0. The quantitative estimate of drug-likeness (QED) is 0.340. The Morgan fingerprint density at radius 1 is 1.08 bits per heavy atom. The van der Waals surface area contributed by atoms with Gasteiger partial charge in [0.25, 0.3) is 0 Å². The number of benzene rings is 2. The summed E-state index contributed by atoms with van der Waals surface area (Å²) in [6, 6.07) is 16.7. The topological polar surface area (TPSA) is 93.9 Å². The Hall–Kier alpha value is -3.06. The second-order valence-corrected chi connectivity index (χ2v) is 5.89. The van der Waals surface area contributed by atoms with E-state index >= 15 is 0 Å². The fourth-order valence-electron chi connectivity index (χ4n) is 2.86. The highest BCUT2D eigenvalue weighted by molar-refractivity contribution is 6.01. The van der Waals surface area contributed by atoms with E-state index in [0.717, 1.165) is 5.75 Å². The molecule has 1 fully saturated rings. The molecule has 0 aliphatic carbocycles. The molecule has 2 amide bonds. The largest absolute Gasteiger partial charge is 0.490 e. The molecule has 0 bridgehead atoms. The maximum atomic E-state index is 12.3. The van der Waals surface area contributed by atoms with Crippen LogP contribution in [0.5, 0.6) is 11.5 Å². The van der Waals surface area contributed by atoms with Crippen LogP contribution in [0.1, 0.15) is 6.42 Å². The molecule has 1 saturated heterocycles. The molecule has 2 aromatic rings. The Kier molecular flexibility index (Phi) is 5.70. The van der Waals surface area contributed by atoms with Crippen molar-refractivity contribution in [1.29, 1.82) is 0 Å². The van der Waals surface area contributed by atoms with Crippen molar-refractivity contribution in [3.05, 3.63) is 54.6 Å². The molecule has 0 radical (unpaired) electrons. The van der Waals surface area contributed by atoms with Gasteiger partial charge in [-0.3, -0.25) is 15.0 Å². The van der Waals surface area contributed by atoms with Gasteiger partial charge in [-0.15, -0.1) is 0 Å². The summed E-state index contributed by atoms with van der Waals surface area (Å²) in [6.07, 6.45) is 0.133. The van der Waals surface area contributed by atoms with Crippen LogP contribution >= 0.6 is 0 Å². The molecule has 0 aromatic heterocycles. The smallest absolute Gasteiger partial charge is 0.239 e. The van der Waals surface area contributed by atoms with Gasteiger partial charge in [-0.05, 0) is 24.3 Å². The summed E-state index contributed by atoms with van der Waals surface area (Å²) in [4.78, 5) is 25.6. The second-order valence-electron chi connectivity index (χ2n) is 5.89. The van der Waals surface area contributed by atoms with Gasteiger partial charge in [0.2, 0.25) is 11.8 Å². The van der Waals surface area contributed by atoms with Crippen LogP contribution in [0.15, 0.2) is 54.6 Å². The molecule has 1 atom stereocenters. The first-order valence-electron chi connectivity index (χ1n) is 8.39. The van der Waals surface area contributed by atoms with Crippen LogP contribution in [0.2, 0.25) is 0 Å². The maximum Gasteiger partial charge on any atom is 0.239 e. The van der Waals surface area contributed by atoms with Gasteiger partial charge in [0.1, 0.15) is 24.7 Å². The minimum Gasteiger partial charge on any atom is -0.490 e. The fourth-order valence-corrected chi connectivity index (χ4v) is 2.86. The molecule has 136 valence electrons. The Bertz CT molecular complexity index is 766. The van der Waals surface area contributed by atoms with Crippen molar-refractivity contribution in [1.82, 2.24) is 5.43 Å². The maximum absolute atomic E-state index is 12.3. The van der Waals surface area contributed by atoms with E-state index in [4.69, 9.17) is 15.3 Å². The first-order valence-corrected chi connectivity index (χ1v) is 8.39. The van der Waals surface area contributed by atoms with E-state index in [1.165, 1.54) is 0 Å². The molecule has 1 heterocycles. The van der Waals surface area contributed by atoms with Crippen molar-refractivity contribution in [2.24, 2.45) is 11.8 Å². The third-order valence-electron chi connectivity index (χ3n) is 4.15. The Labute approximate surface area is 151 Å². The first-order chi connectivity index (χ1) is 12.7. The van der Waals surface area contributed by atoms with Gasteiger partial charge in [0.15, 0.2) is 0 Å². The third kappa shape index (κ3) is 4.12. The SMILES string of the molecule is NNC(=O)C1CC(=O)N(c2ccccc2OCCOc2ccccc2)C1. The zero-order valence-corrected chi connectivity index (χ0v) is 14.3. The number of hydrogen-bond donors (Lipinski definition) is 2. The van der Waals surface area contributed by atoms with Crippen molar-refractivity contribution in [2.75, 3.05) is 24.7 Å². The van der Waals surface area contributed by atoms with Gasteiger partial charge in [-0.2, -0.15) is 0 Å². The molecular formula is C19H21N3O4. The van der Waals surface area contributed by atoms with E-state index in [-0.39, 0.29) is 24.8 Å². The van der Waals surface area contributed by atoms with Crippen LogP contribution in [0.4, 0.5) is 5.69 Å². The van der Waals surface area contributed by atoms with Crippen molar-refractivity contribution < 1.29 is 19.1 Å². The number of carbonyl (C=O) groups is 2. The van der Waals surface area contributed by atoms with Crippen molar-refractivity contribution in [3.63, 3.8) is 0 Å². The summed E-state index contributed by atoms with van der Waals surface area (Å²) < 4.78 is 11.4. The fraction of sp³-hybridized carbons (Fsp3) is 0.263. The number of ether oxygens (including phenoxy) is 2. The highest BCUT2D eigenvalue weighted by Crippen LogP contribution is 2.33. The molecule has 26 heavy (non-hydrogen) atoms. The van der Waals surface area contributed by atoms with Crippen molar-refractivity contribution in [2.45, 2.75) is 6.42 Å². The number of nitrogens with two attached hydrogens (primary N) is 1. The summed E-state index contributed by atoms with van der Waals surface area (Å²) in [5.41, 5.74) is 2.75. The number of carbonyl (C=O) groups excluding carboxylic acids is 2. The van der Waals surface area contributed by atoms with Crippen LogP contribution in [-0.4, -0.2) is 31.6 Å². The standard InChI is InChI=1S/C19H21N3O4/c20-21-19(24)14-12-18(23)22(13-14)16-8-4-5-9-17(16)26-11-10-25-15-6-2-1-3-7-15/h1-9,14H,10-13,20H2,(H,21,24). The highest BCUT2D eigenvalue weighted by Gasteiger charge is 2.35. The minimum atomic E-state index is -0.457. The van der Waals surface area contributed by atoms with Crippen LogP contribution in [0, 0.1) is 5.92 Å². The van der Waals surface area contributed by atoms with E-state index in [1.54, 1.807) is 17.0 Å². The monoisotopic (exact) mass is 355 g/mol. The lowest BCUT2D eigenvalue weighted by atomic mass is 10.1. The van der Waals surface area contributed by atoms with Crippen LogP contribution in [0.3, 0.4) is 0 Å². The lowest BCUT2D eigenvalue weighted by Gasteiger charge is -2.20. The summed E-state index contributed by atoms with van der Waals surface area (Å²) in [5, 5.41) is 0. The highest BCUT2D eigenvalue weighted by atomic mass is 16.5. The molecule has 0 spiro atoms. The number of amides is 2. The van der Waals surface area contributed by atoms with E-state index in [2.05, 4.69) is 5.43 Å². The number of rotatable bonds is 7. The first kappa shape index (κ1) is 17.8. The van der Waals surface area contributed by atoms with E-state index in [0.29, 0.717) is 24.7 Å². The summed E-state index contributed by atoms with van der Waals surface area (Å²) in [5.74, 6) is 5.60. The molecular weight excluding hydrogens is 334 g/mol.